The lowest BCUT2D eigenvalue weighted by molar-refractivity contribution is 0.729. The molecule has 2 aliphatic carbocycles. The van der Waals surface area contributed by atoms with Crippen LogP contribution < -0.4 is 0 Å². The van der Waals surface area contributed by atoms with E-state index in [4.69, 9.17) is 4.98 Å². The molecule has 0 radical (unpaired) electrons. The van der Waals surface area contributed by atoms with Crippen molar-refractivity contribution in [1.29, 1.82) is 0 Å². The van der Waals surface area contributed by atoms with Crippen LogP contribution in [0.25, 0.3) is 94.0 Å². The Bertz CT molecular complexity index is 4100. The molecule has 0 bridgehead atoms. The molecule has 4 heteroatoms. The molecule has 1 spiro atoms. The first-order chi connectivity index (χ1) is 32.7. The minimum absolute atomic E-state index is 0.510. The van der Waals surface area contributed by atoms with E-state index < -0.39 is 5.41 Å². The van der Waals surface area contributed by atoms with E-state index in [1.54, 1.807) is 0 Å². The average molecular weight is 841 g/mol. The maximum atomic E-state index is 5.51. The monoisotopic (exact) mass is 840 g/mol. The number of para-hydroxylation sites is 6. The second-order valence-electron chi connectivity index (χ2n) is 18.2. The maximum absolute atomic E-state index is 5.51. The molecular weight excluding hydrogens is 801 g/mol. The molecule has 4 heterocycles. The molecule has 15 rings (SSSR count). The van der Waals surface area contributed by atoms with Gasteiger partial charge in [0.1, 0.15) is 11.2 Å². The third kappa shape index (κ3) is 4.70. The Balaban J connectivity index is 0.926. The number of benzene rings is 9. The van der Waals surface area contributed by atoms with E-state index in [9.17, 15) is 0 Å². The summed E-state index contributed by atoms with van der Waals surface area (Å²) in [5.41, 5.74) is 21.9. The van der Waals surface area contributed by atoms with Crippen LogP contribution in [0, 0.1) is 0 Å². The Morgan fingerprint density at radius 2 is 0.924 bits per heavy atom. The zero-order valence-electron chi connectivity index (χ0n) is 36.0. The van der Waals surface area contributed by atoms with Gasteiger partial charge in [-0.25, -0.2) is 4.98 Å². The van der Waals surface area contributed by atoms with Gasteiger partial charge < -0.3 is 9.13 Å². The Hall–Kier alpha value is -8.47. The second kappa shape index (κ2) is 13.3. The number of aromatic nitrogens is 4. The van der Waals surface area contributed by atoms with Crippen molar-refractivity contribution in [3.05, 3.63) is 252 Å². The molecule has 308 valence electrons. The molecule has 3 aromatic heterocycles. The highest BCUT2D eigenvalue weighted by atomic mass is 15.1. The van der Waals surface area contributed by atoms with E-state index in [0.29, 0.717) is 0 Å². The van der Waals surface area contributed by atoms with Gasteiger partial charge >= 0.3 is 0 Å². The molecule has 0 fully saturated rings. The lowest BCUT2D eigenvalue weighted by Gasteiger charge is -2.30. The van der Waals surface area contributed by atoms with Gasteiger partial charge in [-0.15, -0.1) is 0 Å². The second-order valence-corrected chi connectivity index (χ2v) is 18.2. The lowest BCUT2D eigenvalue weighted by atomic mass is 9.70. The summed E-state index contributed by atoms with van der Waals surface area (Å²) in [6.07, 6.45) is 4.49. The van der Waals surface area contributed by atoms with Crippen molar-refractivity contribution in [3.63, 3.8) is 0 Å². The van der Waals surface area contributed by atoms with E-state index >= 15 is 0 Å². The minimum atomic E-state index is -0.510. The van der Waals surface area contributed by atoms with Crippen LogP contribution in [0.2, 0.25) is 0 Å². The number of hydrogen-bond acceptors (Lipinski definition) is 1. The molecule has 1 unspecified atom stereocenters. The summed E-state index contributed by atoms with van der Waals surface area (Å²) in [7, 11) is 0. The van der Waals surface area contributed by atoms with Crippen LogP contribution in [0.1, 0.15) is 40.9 Å². The topological polar surface area (TPSA) is 27.7 Å². The minimum Gasteiger partial charge on any atom is -0.309 e. The highest BCUT2D eigenvalue weighted by Gasteiger charge is 2.55. The van der Waals surface area contributed by atoms with Gasteiger partial charge in [-0.2, -0.15) is 0 Å². The molecule has 0 saturated heterocycles. The highest BCUT2D eigenvalue weighted by molar-refractivity contribution is 6.13. The zero-order chi connectivity index (χ0) is 43.1. The molecule has 0 amide bonds. The summed E-state index contributed by atoms with van der Waals surface area (Å²) >= 11 is 0. The Morgan fingerprint density at radius 3 is 1.64 bits per heavy atom. The number of hydrogen-bond donors (Lipinski definition) is 0. The van der Waals surface area contributed by atoms with Gasteiger partial charge in [-0.1, -0.05) is 133 Å². The van der Waals surface area contributed by atoms with Crippen LogP contribution in [0.3, 0.4) is 0 Å². The first-order valence-electron chi connectivity index (χ1n) is 23.1. The van der Waals surface area contributed by atoms with Gasteiger partial charge in [0.2, 0.25) is 0 Å². The van der Waals surface area contributed by atoms with Crippen LogP contribution >= 0.6 is 0 Å². The summed E-state index contributed by atoms with van der Waals surface area (Å²) < 4.78 is 7.26. The number of allylic oxidation sites excluding steroid dienone is 4. The van der Waals surface area contributed by atoms with E-state index in [2.05, 4.69) is 232 Å². The first-order valence-corrected chi connectivity index (χ1v) is 23.1. The van der Waals surface area contributed by atoms with Crippen molar-refractivity contribution in [1.82, 2.24) is 18.7 Å². The van der Waals surface area contributed by atoms with Crippen molar-refractivity contribution in [3.8, 4) is 28.2 Å². The number of rotatable bonds is 4. The zero-order valence-corrected chi connectivity index (χ0v) is 36.0. The Morgan fingerprint density at radius 1 is 0.394 bits per heavy atom. The van der Waals surface area contributed by atoms with Gasteiger partial charge in [-0.05, 0) is 148 Å². The van der Waals surface area contributed by atoms with Crippen molar-refractivity contribution < 1.29 is 0 Å². The smallest absolute Gasteiger partial charge is 0.134 e. The first kappa shape index (κ1) is 35.9. The van der Waals surface area contributed by atoms with Crippen LogP contribution in [0.5, 0.6) is 0 Å². The average Bonchev–Trinajstić information content (AvgIpc) is 4.17. The third-order valence-electron chi connectivity index (χ3n) is 15.0. The lowest BCUT2D eigenvalue weighted by Crippen LogP contribution is -2.28. The van der Waals surface area contributed by atoms with Gasteiger partial charge in [0.15, 0.2) is 0 Å². The SMILES string of the molecule is C1=C(c2ccc3c(c2)c2cc(-c4ccc5c(c4)c4ccccc4n5-c4ccccc4)ccc2n3-c2ccccc2)CCC2=C1C1(c3ccccc32)c2ccccc2-n2c1nc1ccccc12. The van der Waals surface area contributed by atoms with Crippen LogP contribution in [-0.4, -0.2) is 18.7 Å². The van der Waals surface area contributed by atoms with Crippen molar-refractivity contribution >= 4 is 65.8 Å². The summed E-state index contributed by atoms with van der Waals surface area (Å²) in [5, 5.41) is 5.02. The summed E-state index contributed by atoms with van der Waals surface area (Å²) in [6, 6.07) is 78.3. The normalized spacial score (nSPS) is 16.2. The Labute approximate surface area is 381 Å². The van der Waals surface area contributed by atoms with E-state index in [1.807, 2.05) is 0 Å². The summed E-state index contributed by atoms with van der Waals surface area (Å²) in [6.45, 7) is 0. The highest BCUT2D eigenvalue weighted by Crippen LogP contribution is 2.62. The van der Waals surface area contributed by atoms with Gasteiger partial charge in [0.05, 0.1) is 38.8 Å². The number of nitrogens with zero attached hydrogens (tertiary/aromatic N) is 4. The van der Waals surface area contributed by atoms with Gasteiger partial charge in [0, 0.05) is 32.9 Å². The standard InChI is InChI=1S/C62H40N4/c1-3-15-43(16-4-1)64-55-24-12-8-20-47(55)48-35-39(28-32-56(48)64)40-29-33-57-49(36-40)50-37-41(30-34-58(50)65(57)44-17-5-2-6-18-44)42-27-31-46-45-19-7-9-21-51(45)62(53(46)38-42)52-22-10-13-25-59(52)66-60-26-14-11-23-54(60)63-61(62)66/h1-26,28-30,32-38H,27,31H2. The van der Waals surface area contributed by atoms with E-state index in [1.165, 1.54) is 105 Å². The van der Waals surface area contributed by atoms with Crippen LogP contribution in [0.15, 0.2) is 224 Å². The maximum Gasteiger partial charge on any atom is 0.134 e. The fourth-order valence-corrected chi connectivity index (χ4v) is 12.2. The molecule has 12 aromatic rings. The molecule has 9 aromatic carbocycles. The van der Waals surface area contributed by atoms with Crippen molar-refractivity contribution in [2.24, 2.45) is 0 Å². The third-order valence-corrected chi connectivity index (χ3v) is 15.0. The Kier molecular flexibility index (Phi) is 7.23. The molecule has 4 nitrogen and oxygen atoms in total. The summed E-state index contributed by atoms with van der Waals surface area (Å²) in [5.74, 6) is 1.09. The summed E-state index contributed by atoms with van der Waals surface area (Å²) in [4.78, 5) is 5.51. The quantitative estimate of drug-likeness (QED) is 0.173. The van der Waals surface area contributed by atoms with Gasteiger partial charge in [0.25, 0.3) is 0 Å². The predicted octanol–water partition coefficient (Wildman–Crippen LogP) is 15.2. The molecule has 3 aliphatic rings. The fourth-order valence-electron chi connectivity index (χ4n) is 12.2. The predicted molar refractivity (Wildman–Crippen MR) is 272 cm³/mol. The van der Waals surface area contributed by atoms with E-state index in [0.717, 1.165) is 35.4 Å². The molecule has 66 heavy (non-hydrogen) atoms. The van der Waals surface area contributed by atoms with Gasteiger partial charge in [-0.3, -0.25) is 4.57 Å². The molecule has 1 aliphatic heterocycles. The van der Waals surface area contributed by atoms with Crippen LogP contribution in [-0.2, 0) is 5.41 Å². The molecular formula is C62H40N4. The van der Waals surface area contributed by atoms with Crippen molar-refractivity contribution in [2.75, 3.05) is 0 Å². The number of imidazole rings is 1. The molecule has 0 saturated carbocycles. The van der Waals surface area contributed by atoms with E-state index in [-0.39, 0.29) is 0 Å². The molecule has 0 N–H and O–H groups in total. The number of fused-ring (bicyclic) bond motifs is 17. The van der Waals surface area contributed by atoms with Crippen LogP contribution in [0.4, 0.5) is 0 Å². The largest absolute Gasteiger partial charge is 0.309 e. The fraction of sp³-hybridized carbons (Fsp3) is 0.0484. The van der Waals surface area contributed by atoms with Crippen molar-refractivity contribution in [2.45, 2.75) is 18.3 Å². The molecule has 1 atom stereocenters.